The topological polar surface area (TPSA) is 4.36 Å². The van der Waals surface area contributed by atoms with Crippen molar-refractivity contribution in [2.45, 2.75) is 57.9 Å². The first kappa shape index (κ1) is 9.58. The molecule has 1 fully saturated rings. The minimum atomic E-state index is 0.0341. The van der Waals surface area contributed by atoms with Crippen LogP contribution in [0.2, 0.25) is 0 Å². The highest BCUT2D eigenvalue weighted by Gasteiger charge is 2.38. The summed E-state index contributed by atoms with van der Waals surface area (Å²) in [5.74, 6) is 0.678. The van der Waals surface area contributed by atoms with Crippen LogP contribution in [0.1, 0.15) is 52.4 Å². The molecule has 68 valence electrons. The zero-order valence-electron chi connectivity index (χ0n) is 8.27. The predicted octanol–water partition coefficient (Wildman–Crippen LogP) is 3.65. The van der Waals surface area contributed by atoms with Crippen molar-refractivity contribution in [1.82, 2.24) is 0 Å². The van der Waals surface area contributed by atoms with E-state index in [1.807, 2.05) is 0 Å². The van der Waals surface area contributed by atoms with Gasteiger partial charge >= 0.3 is 0 Å². The Morgan fingerprint density at radius 2 is 1.83 bits per heavy atom. The van der Waals surface area contributed by atoms with Gasteiger partial charge < -0.3 is 4.85 Å². The van der Waals surface area contributed by atoms with Crippen molar-refractivity contribution in [3.8, 4) is 0 Å². The van der Waals surface area contributed by atoms with Gasteiger partial charge in [0.05, 0.1) is 0 Å². The van der Waals surface area contributed by atoms with Crippen LogP contribution in [0.25, 0.3) is 4.85 Å². The molecule has 0 aliphatic heterocycles. The Hall–Kier alpha value is -0.510. The second-order valence-corrected chi connectivity index (χ2v) is 4.49. The summed E-state index contributed by atoms with van der Waals surface area (Å²) >= 11 is 0. The van der Waals surface area contributed by atoms with Crippen LogP contribution < -0.4 is 0 Å². The highest BCUT2D eigenvalue weighted by atomic mass is 14.8. The molecule has 1 heteroatoms. The van der Waals surface area contributed by atoms with Crippen molar-refractivity contribution in [3.05, 3.63) is 11.4 Å². The fourth-order valence-corrected chi connectivity index (χ4v) is 2.33. The average molecular weight is 165 g/mol. The number of rotatable bonds is 2. The summed E-state index contributed by atoms with van der Waals surface area (Å²) in [5.41, 5.74) is 0.0341. The van der Waals surface area contributed by atoms with E-state index >= 15 is 0 Å². The van der Waals surface area contributed by atoms with E-state index in [2.05, 4.69) is 18.7 Å². The molecule has 0 bridgehead atoms. The van der Waals surface area contributed by atoms with Gasteiger partial charge in [0.1, 0.15) is 0 Å². The third kappa shape index (κ3) is 2.24. The van der Waals surface area contributed by atoms with Gasteiger partial charge in [-0.05, 0) is 18.8 Å². The maximum Gasteiger partial charge on any atom is 0.232 e. The van der Waals surface area contributed by atoms with Gasteiger partial charge in [0.2, 0.25) is 5.54 Å². The molecule has 0 saturated heterocycles. The van der Waals surface area contributed by atoms with E-state index in [1.165, 1.54) is 19.3 Å². The lowest BCUT2D eigenvalue weighted by Crippen LogP contribution is -2.29. The molecule has 0 aromatic heterocycles. The van der Waals surface area contributed by atoms with Gasteiger partial charge in [0.25, 0.3) is 0 Å². The third-order valence-corrected chi connectivity index (χ3v) is 2.81. The summed E-state index contributed by atoms with van der Waals surface area (Å²) in [5, 5.41) is 0. The first-order valence-electron chi connectivity index (χ1n) is 5.07. The molecule has 1 rings (SSSR count). The summed E-state index contributed by atoms with van der Waals surface area (Å²) in [6.07, 6.45) is 7.29. The van der Waals surface area contributed by atoms with Gasteiger partial charge in [0.15, 0.2) is 0 Å². The molecule has 0 spiro atoms. The van der Waals surface area contributed by atoms with Gasteiger partial charge in [-0.25, -0.2) is 6.57 Å². The van der Waals surface area contributed by atoms with Crippen molar-refractivity contribution in [2.75, 3.05) is 0 Å². The predicted molar refractivity (Wildman–Crippen MR) is 51.9 cm³/mol. The fraction of sp³-hybridized carbons (Fsp3) is 0.909. The van der Waals surface area contributed by atoms with Gasteiger partial charge in [-0.15, -0.1) is 0 Å². The SMILES string of the molecule is [C-]#[N+]C1(CC(C)C)CCCCC1. The number of hydrogen-bond donors (Lipinski definition) is 0. The quantitative estimate of drug-likeness (QED) is 0.550. The molecular weight excluding hydrogens is 146 g/mol. The molecule has 0 N–H and O–H groups in total. The molecule has 0 aromatic rings. The molecule has 0 heterocycles. The largest absolute Gasteiger partial charge is 0.310 e. The van der Waals surface area contributed by atoms with Crippen LogP contribution in [0.3, 0.4) is 0 Å². The molecule has 0 amide bonds. The molecule has 0 aromatic carbocycles. The Kier molecular flexibility index (Phi) is 3.14. The third-order valence-electron chi connectivity index (χ3n) is 2.81. The van der Waals surface area contributed by atoms with E-state index in [1.54, 1.807) is 0 Å². The van der Waals surface area contributed by atoms with Gasteiger partial charge in [-0.2, -0.15) is 0 Å². The van der Waals surface area contributed by atoms with Gasteiger partial charge in [-0.3, -0.25) is 0 Å². The van der Waals surface area contributed by atoms with Gasteiger partial charge in [-0.1, -0.05) is 20.3 Å². The van der Waals surface area contributed by atoms with E-state index in [0.717, 1.165) is 19.3 Å². The summed E-state index contributed by atoms with van der Waals surface area (Å²) in [4.78, 5) is 3.87. The molecule has 1 aliphatic rings. The maximum absolute atomic E-state index is 7.26. The van der Waals surface area contributed by atoms with E-state index in [-0.39, 0.29) is 5.54 Å². The lowest BCUT2D eigenvalue weighted by Gasteiger charge is -2.27. The molecule has 1 saturated carbocycles. The normalized spacial score (nSPS) is 22.2. The zero-order valence-corrected chi connectivity index (χ0v) is 8.27. The average Bonchev–Trinajstić information content (AvgIpc) is 2.05. The molecule has 1 aliphatic carbocycles. The monoisotopic (exact) mass is 165 g/mol. The Morgan fingerprint density at radius 1 is 1.25 bits per heavy atom. The van der Waals surface area contributed by atoms with Crippen LogP contribution in [0.15, 0.2) is 0 Å². The first-order chi connectivity index (χ1) is 5.68. The standard InChI is InChI=1S/C11H19N/c1-10(2)9-11(12-3)7-5-4-6-8-11/h10H,4-9H2,1-2H3. The summed E-state index contributed by atoms with van der Waals surface area (Å²) < 4.78 is 0. The van der Waals surface area contributed by atoms with E-state index in [9.17, 15) is 0 Å². The van der Waals surface area contributed by atoms with Crippen LogP contribution in [0.5, 0.6) is 0 Å². The van der Waals surface area contributed by atoms with Crippen LogP contribution in [-0.4, -0.2) is 5.54 Å². The lowest BCUT2D eigenvalue weighted by molar-refractivity contribution is 0.294. The Labute approximate surface area is 76.0 Å². The van der Waals surface area contributed by atoms with Crippen molar-refractivity contribution in [3.63, 3.8) is 0 Å². The summed E-state index contributed by atoms with van der Waals surface area (Å²) in [6, 6.07) is 0. The van der Waals surface area contributed by atoms with E-state index in [0.29, 0.717) is 5.92 Å². The van der Waals surface area contributed by atoms with Crippen molar-refractivity contribution >= 4 is 0 Å². The highest BCUT2D eigenvalue weighted by molar-refractivity contribution is 5.00. The fourth-order valence-electron chi connectivity index (χ4n) is 2.33. The minimum absolute atomic E-state index is 0.0341. The second-order valence-electron chi connectivity index (χ2n) is 4.49. The molecular formula is C11H19N. The lowest BCUT2D eigenvalue weighted by atomic mass is 9.77. The second kappa shape index (κ2) is 3.94. The maximum atomic E-state index is 7.26. The van der Waals surface area contributed by atoms with Crippen molar-refractivity contribution in [2.24, 2.45) is 5.92 Å². The van der Waals surface area contributed by atoms with Crippen LogP contribution in [0, 0.1) is 12.5 Å². The van der Waals surface area contributed by atoms with E-state index < -0.39 is 0 Å². The Bertz CT molecular complexity index is 170. The minimum Gasteiger partial charge on any atom is -0.310 e. The smallest absolute Gasteiger partial charge is 0.232 e. The number of hydrogen-bond acceptors (Lipinski definition) is 0. The zero-order chi connectivity index (χ0) is 9.03. The molecule has 0 atom stereocenters. The molecule has 1 nitrogen and oxygen atoms in total. The molecule has 0 radical (unpaired) electrons. The Morgan fingerprint density at radius 3 is 2.25 bits per heavy atom. The molecule has 12 heavy (non-hydrogen) atoms. The summed E-state index contributed by atoms with van der Waals surface area (Å²) in [6.45, 7) is 11.7. The number of nitrogens with zero attached hydrogens (tertiary/aromatic N) is 1. The van der Waals surface area contributed by atoms with Crippen LogP contribution >= 0.6 is 0 Å². The first-order valence-corrected chi connectivity index (χ1v) is 5.07. The molecule has 0 unspecified atom stereocenters. The van der Waals surface area contributed by atoms with E-state index in [4.69, 9.17) is 6.57 Å². The highest BCUT2D eigenvalue weighted by Crippen LogP contribution is 2.36. The van der Waals surface area contributed by atoms with Crippen molar-refractivity contribution < 1.29 is 0 Å². The summed E-state index contributed by atoms with van der Waals surface area (Å²) in [7, 11) is 0. The van der Waals surface area contributed by atoms with Gasteiger partial charge in [0, 0.05) is 19.3 Å². The van der Waals surface area contributed by atoms with Crippen molar-refractivity contribution in [1.29, 1.82) is 0 Å². The van der Waals surface area contributed by atoms with Crippen LogP contribution in [0.4, 0.5) is 0 Å². The van der Waals surface area contributed by atoms with Crippen LogP contribution in [-0.2, 0) is 0 Å². The Balaban J connectivity index is 2.55.